The number of rotatable bonds is 9. The highest BCUT2D eigenvalue weighted by molar-refractivity contribution is 5.86. The first kappa shape index (κ1) is 25.1. The van der Waals surface area contributed by atoms with Gasteiger partial charge < -0.3 is 20.1 Å². The van der Waals surface area contributed by atoms with Crippen LogP contribution in [0.2, 0.25) is 0 Å². The van der Waals surface area contributed by atoms with E-state index >= 15 is 0 Å². The zero-order valence-electron chi connectivity index (χ0n) is 18.5. The largest absolute Gasteiger partial charge is 0.481 e. The smallest absolute Gasteiger partial charge is 0.417 e. The van der Waals surface area contributed by atoms with Crippen molar-refractivity contribution < 1.29 is 37.4 Å². The average molecular weight is 478 g/mol. The number of alkyl carbamates (subject to hydrolysis) is 1. The summed E-state index contributed by atoms with van der Waals surface area (Å²) in [5, 5.41) is 10.3. The van der Waals surface area contributed by atoms with Crippen LogP contribution in [0.5, 0.6) is 0 Å². The van der Waals surface area contributed by atoms with E-state index in [9.17, 15) is 27.6 Å². The van der Waals surface area contributed by atoms with Crippen molar-refractivity contribution in [3.8, 4) is 11.1 Å². The molecule has 0 saturated carbocycles. The summed E-state index contributed by atoms with van der Waals surface area (Å²) in [6.07, 6.45) is -6.11. The lowest BCUT2D eigenvalue weighted by Gasteiger charge is -2.26. The van der Waals surface area contributed by atoms with E-state index in [1.165, 1.54) is 7.05 Å². The number of nitrogens with zero attached hydrogens (tertiary/aromatic N) is 1. The molecule has 10 heteroatoms. The Bertz CT molecular complexity index is 1010. The van der Waals surface area contributed by atoms with Crippen LogP contribution >= 0.6 is 0 Å². The van der Waals surface area contributed by atoms with Gasteiger partial charge in [0.05, 0.1) is 0 Å². The van der Waals surface area contributed by atoms with Crippen LogP contribution in [0, 0.1) is 0 Å². The maximum absolute atomic E-state index is 13.5. The van der Waals surface area contributed by atoms with Gasteiger partial charge in [-0.15, -0.1) is 0 Å². The highest BCUT2D eigenvalue weighted by atomic mass is 19.4. The Morgan fingerprint density at radius 1 is 1.03 bits per heavy atom. The minimum Gasteiger partial charge on any atom is -0.481 e. The van der Waals surface area contributed by atoms with Crippen LogP contribution in [0.15, 0.2) is 48.5 Å². The second-order valence-corrected chi connectivity index (χ2v) is 8.06. The number of likely N-dealkylation sites (N-methyl/N-ethyl adjacent to an activating group) is 1. The average Bonchev–Trinajstić information content (AvgIpc) is 3.11. The van der Waals surface area contributed by atoms with Gasteiger partial charge in [0.15, 0.2) is 0 Å². The number of halogens is 3. The number of alkyl halides is 3. The lowest BCUT2D eigenvalue weighted by molar-refractivity contribution is -0.173. The van der Waals surface area contributed by atoms with Crippen LogP contribution in [0.3, 0.4) is 0 Å². The Morgan fingerprint density at radius 2 is 1.59 bits per heavy atom. The molecule has 0 heterocycles. The minimum absolute atomic E-state index is 0.0783. The number of hydrogen-bond donors (Lipinski definition) is 2. The molecule has 0 saturated heterocycles. The Hall–Kier alpha value is -3.56. The van der Waals surface area contributed by atoms with Crippen molar-refractivity contribution in [2.75, 3.05) is 20.2 Å². The van der Waals surface area contributed by atoms with Gasteiger partial charge in [-0.25, -0.2) is 4.79 Å². The molecular weight excluding hydrogens is 453 g/mol. The number of nitrogens with one attached hydrogen (secondary N) is 1. The van der Waals surface area contributed by atoms with Crippen molar-refractivity contribution in [2.45, 2.75) is 37.4 Å². The van der Waals surface area contributed by atoms with Crippen molar-refractivity contribution in [1.82, 2.24) is 10.2 Å². The molecule has 34 heavy (non-hydrogen) atoms. The second kappa shape index (κ2) is 10.6. The summed E-state index contributed by atoms with van der Waals surface area (Å²) in [6, 6.07) is 12.3. The third-order valence-corrected chi connectivity index (χ3v) is 5.69. The molecule has 2 N–H and O–H groups in total. The molecule has 182 valence electrons. The van der Waals surface area contributed by atoms with Gasteiger partial charge in [-0.2, -0.15) is 13.2 Å². The van der Waals surface area contributed by atoms with Crippen LogP contribution in [-0.4, -0.2) is 60.4 Å². The van der Waals surface area contributed by atoms with Gasteiger partial charge in [-0.1, -0.05) is 48.5 Å². The van der Waals surface area contributed by atoms with Gasteiger partial charge in [0, 0.05) is 25.9 Å². The van der Waals surface area contributed by atoms with E-state index in [4.69, 9.17) is 9.84 Å². The first-order valence-electron chi connectivity index (χ1n) is 10.7. The molecule has 0 spiro atoms. The zero-order chi connectivity index (χ0) is 24.9. The highest BCUT2D eigenvalue weighted by Gasteiger charge is 2.47. The van der Waals surface area contributed by atoms with Crippen LogP contribution in [0.25, 0.3) is 11.1 Å². The number of amides is 2. The molecule has 1 aliphatic carbocycles. The SMILES string of the molecule is CN(CCCCC(=O)O)C(=O)C(NC(=O)OCC1c2ccccc2-c2ccccc21)C(F)(F)F. The second-order valence-electron chi connectivity index (χ2n) is 8.06. The van der Waals surface area contributed by atoms with Crippen LogP contribution < -0.4 is 5.32 Å². The number of carbonyl (C=O) groups excluding carboxylic acids is 2. The number of fused-ring (bicyclic) bond motifs is 3. The number of benzene rings is 2. The lowest BCUT2D eigenvalue weighted by Crippen LogP contribution is -2.55. The molecular formula is C24H25F3N2O5. The molecule has 1 aliphatic rings. The monoisotopic (exact) mass is 478 g/mol. The van der Waals surface area contributed by atoms with E-state index in [0.717, 1.165) is 27.2 Å². The highest BCUT2D eigenvalue weighted by Crippen LogP contribution is 2.44. The van der Waals surface area contributed by atoms with Gasteiger partial charge in [0.25, 0.3) is 5.91 Å². The lowest BCUT2D eigenvalue weighted by atomic mass is 9.98. The molecule has 1 atom stereocenters. The van der Waals surface area contributed by atoms with Gasteiger partial charge in [-0.05, 0) is 35.1 Å². The van der Waals surface area contributed by atoms with Gasteiger partial charge in [0.1, 0.15) is 6.61 Å². The van der Waals surface area contributed by atoms with Crippen LogP contribution in [0.4, 0.5) is 18.0 Å². The van der Waals surface area contributed by atoms with Gasteiger partial charge >= 0.3 is 18.2 Å². The molecule has 0 radical (unpaired) electrons. The number of carboxylic acids is 1. The first-order valence-corrected chi connectivity index (χ1v) is 10.7. The van der Waals surface area contributed by atoms with Crippen molar-refractivity contribution in [2.24, 2.45) is 0 Å². The fourth-order valence-electron chi connectivity index (χ4n) is 4.00. The first-order chi connectivity index (χ1) is 16.1. The summed E-state index contributed by atoms with van der Waals surface area (Å²) in [5.41, 5.74) is 3.75. The fourth-order valence-corrected chi connectivity index (χ4v) is 4.00. The number of hydrogen-bond acceptors (Lipinski definition) is 4. The maximum atomic E-state index is 13.5. The summed E-state index contributed by atoms with van der Waals surface area (Å²) < 4.78 is 45.7. The van der Waals surface area contributed by atoms with Crippen molar-refractivity contribution in [3.05, 3.63) is 59.7 Å². The quantitative estimate of drug-likeness (QED) is 0.528. The fraction of sp³-hybridized carbons (Fsp3) is 0.375. The summed E-state index contributed by atoms with van der Waals surface area (Å²) in [6.45, 7) is -0.269. The minimum atomic E-state index is -5.03. The Morgan fingerprint density at radius 3 is 2.12 bits per heavy atom. The normalized spacial score (nSPS) is 13.5. The van der Waals surface area contributed by atoms with Crippen molar-refractivity contribution in [3.63, 3.8) is 0 Å². The predicted molar refractivity (Wildman–Crippen MR) is 117 cm³/mol. The number of carboxylic acid groups (broad SMARTS) is 1. The van der Waals surface area contributed by atoms with Gasteiger partial charge in [0.2, 0.25) is 6.04 Å². The summed E-state index contributed by atoms with van der Waals surface area (Å²) in [7, 11) is 1.17. The van der Waals surface area contributed by atoms with Gasteiger partial charge in [-0.3, -0.25) is 9.59 Å². The molecule has 7 nitrogen and oxygen atoms in total. The van der Waals surface area contributed by atoms with E-state index in [0.29, 0.717) is 0 Å². The van der Waals surface area contributed by atoms with E-state index in [2.05, 4.69) is 0 Å². The number of ether oxygens (including phenoxy) is 1. The molecule has 0 aromatic heterocycles. The molecule has 2 aromatic carbocycles. The van der Waals surface area contributed by atoms with Crippen LogP contribution in [-0.2, 0) is 14.3 Å². The Kier molecular flexibility index (Phi) is 7.80. The number of carbonyl (C=O) groups is 3. The van der Waals surface area contributed by atoms with E-state index in [1.54, 1.807) is 5.32 Å². The molecule has 2 aromatic rings. The standard InChI is InChI=1S/C24H25F3N2O5/c1-29(13-7-6-12-20(30)31)22(32)21(24(25,26)27)28-23(33)34-14-19-17-10-4-2-8-15(17)16-9-3-5-11-18(16)19/h2-5,8-11,19,21H,6-7,12-14H2,1H3,(H,28,33)(H,30,31). The molecule has 2 amide bonds. The van der Waals surface area contributed by atoms with Crippen LogP contribution in [0.1, 0.15) is 36.3 Å². The zero-order valence-corrected chi connectivity index (χ0v) is 18.5. The molecule has 0 bridgehead atoms. The number of unbranched alkanes of at least 4 members (excludes halogenated alkanes) is 1. The Labute approximate surface area is 194 Å². The van der Waals surface area contributed by atoms with Crippen molar-refractivity contribution >= 4 is 18.0 Å². The summed E-state index contributed by atoms with van der Waals surface area (Å²) >= 11 is 0. The van der Waals surface area contributed by atoms with E-state index in [-0.39, 0.29) is 38.3 Å². The van der Waals surface area contributed by atoms with E-state index in [1.807, 2.05) is 48.5 Å². The number of aliphatic carboxylic acids is 1. The topological polar surface area (TPSA) is 95.9 Å². The molecule has 0 fully saturated rings. The summed E-state index contributed by atoms with van der Waals surface area (Å²) in [4.78, 5) is 36.0. The van der Waals surface area contributed by atoms with Crippen molar-refractivity contribution in [1.29, 1.82) is 0 Å². The van der Waals surface area contributed by atoms with E-state index < -0.39 is 30.2 Å². The molecule has 1 unspecified atom stereocenters. The molecule has 3 rings (SSSR count). The third-order valence-electron chi connectivity index (χ3n) is 5.69. The molecule has 0 aliphatic heterocycles. The third kappa shape index (κ3) is 5.86. The Balaban J connectivity index is 1.62. The summed E-state index contributed by atoms with van der Waals surface area (Å²) in [5.74, 6) is -2.72. The maximum Gasteiger partial charge on any atom is 0.417 e. The predicted octanol–water partition coefficient (Wildman–Crippen LogP) is 4.17.